The summed E-state index contributed by atoms with van der Waals surface area (Å²) >= 11 is 0. The van der Waals surface area contributed by atoms with Crippen molar-refractivity contribution in [2.75, 3.05) is 14.7 Å². The molecule has 0 saturated carbocycles. The SMILES string of the molecule is c1ccc(-c2ccc(-c3ccc(N(c4ccc(-c5ccccc5)cc4)c4ccc5cc6c(cc5c4)-c4cc5ccccc5cc4-6)cc3)cc2)cc1.c1ccc(-c2ccc(-c3cccc(N(c4ccc(-c5ccccc5)cc4)c4ccc5cc6c(cc5c4)-c4cc5ccccc5cc4-6)c3)cc2)cc1.c1ccc(-c2ccc(N(c3cccc(-c4ccccc4)c3)c3ccc4cc5c(cc4c3)-c3cc4ccccc4cc3-5)cc2)cc1. The fourth-order valence-electron chi connectivity index (χ4n) is 22.2. The van der Waals surface area contributed by atoms with E-state index < -0.39 is 0 Å². The van der Waals surface area contributed by atoms with E-state index in [1.165, 1.54) is 220 Å². The maximum absolute atomic E-state index is 2.39. The quantitative estimate of drug-likeness (QED) is 0.0900. The number of benzene rings is 26. The molecule has 686 valence electrons. The zero-order valence-electron chi connectivity index (χ0n) is 80.7. The van der Waals surface area contributed by atoms with Gasteiger partial charge in [-0.05, 0) is 402 Å². The number of fused-ring (bicyclic) bond motifs is 18. The molecular formula is C144H95N3. The number of hydrogen-bond acceptors (Lipinski definition) is 3. The van der Waals surface area contributed by atoms with E-state index in [9.17, 15) is 0 Å². The molecule has 3 aliphatic rings. The minimum absolute atomic E-state index is 1.12. The van der Waals surface area contributed by atoms with Gasteiger partial charge in [0.2, 0.25) is 0 Å². The first-order valence-corrected chi connectivity index (χ1v) is 50.7. The largest absolute Gasteiger partial charge is 0.310 e. The van der Waals surface area contributed by atoms with Gasteiger partial charge in [-0.3, -0.25) is 0 Å². The molecule has 0 fully saturated rings. The Morgan fingerprint density at radius 3 is 0.422 bits per heavy atom. The highest BCUT2D eigenvalue weighted by molar-refractivity contribution is 6.16. The average Bonchev–Trinajstić information content (AvgIpc) is 0.723. The van der Waals surface area contributed by atoms with Crippen LogP contribution >= 0.6 is 0 Å². The second kappa shape index (κ2) is 37.3. The molecule has 0 N–H and O–H groups in total. The molecule has 29 rings (SSSR count). The van der Waals surface area contributed by atoms with Crippen molar-refractivity contribution in [1.82, 2.24) is 0 Å². The molecule has 0 saturated heterocycles. The number of rotatable bonds is 17. The molecule has 3 nitrogen and oxygen atoms in total. The van der Waals surface area contributed by atoms with Gasteiger partial charge in [-0.2, -0.15) is 0 Å². The molecule has 26 aromatic rings. The number of anilines is 9. The fraction of sp³-hybridized carbons (Fsp3) is 0. The smallest absolute Gasteiger partial charge is 0.0468 e. The van der Waals surface area contributed by atoms with E-state index in [0.29, 0.717) is 0 Å². The normalized spacial score (nSPS) is 11.5. The lowest BCUT2D eigenvalue weighted by Gasteiger charge is -2.28. The lowest BCUT2D eigenvalue weighted by Crippen LogP contribution is -2.10. The summed E-state index contributed by atoms with van der Waals surface area (Å²) in [6.07, 6.45) is 0. The van der Waals surface area contributed by atoms with Crippen LogP contribution in [-0.2, 0) is 0 Å². The highest BCUT2D eigenvalue weighted by atomic mass is 15.2. The van der Waals surface area contributed by atoms with Crippen LogP contribution in [0, 0.1) is 0 Å². The van der Waals surface area contributed by atoms with Gasteiger partial charge in [0.15, 0.2) is 0 Å². The first kappa shape index (κ1) is 86.8. The van der Waals surface area contributed by atoms with Crippen molar-refractivity contribution in [2.45, 2.75) is 0 Å². The van der Waals surface area contributed by atoms with E-state index in [1.54, 1.807) is 0 Å². The number of hydrogen-bond donors (Lipinski definition) is 0. The molecule has 3 heteroatoms. The van der Waals surface area contributed by atoms with E-state index in [-0.39, 0.29) is 0 Å². The highest BCUT2D eigenvalue weighted by Crippen LogP contribution is 2.56. The molecule has 3 aliphatic carbocycles. The third-order valence-electron chi connectivity index (χ3n) is 29.8. The molecule has 0 unspecified atom stereocenters. The molecule has 0 radical (unpaired) electrons. The van der Waals surface area contributed by atoms with Crippen molar-refractivity contribution < 1.29 is 0 Å². The summed E-state index contributed by atoms with van der Waals surface area (Å²) in [6, 6.07) is 210. The van der Waals surface area contributed by atoms with Crippen LogP contribution < -0.4 is 14.7 Å². The zero-order chi connectivity index (χ0) is 97.2. The van der Waals surface area contributed by atoms with Crippen molar-refractivity contribution in [3.05, 3.63) is 576 Å². The molecule has 147 heavy (non-hydrogen) atoms. The second-order valence-electron chi connectivity index (χ2n) is 38.7. The van der Waals surface area contributed by atoms with E-state index in [4.69, 9.17) is 0 Å². The third kappa shape index (κ3) is 16.6. The van der Waals surface area contributed by atoms with Gasteiger partial charge in [0.1, 0.15) is 0 Å². The molecule has 0 atom stereocenters. The van der Waals surface area contributed by atoms with Crippen molar-refractivity contribution in [1.29, 1.82) is 0 Å². The van der Waals surface area contributed by atoms with Gasteiger partial charge in [-0.15, -0.1) is 0 Å². The van der Waals surface area contributed by atoms with Gasteiger partial charge in [-0.25, -0.2) is 0 Å². The lowest BCUT2D eigenvalue weighted by molar-refractivity contribution is 1.29. The standard InChI is InChI=1S/2C50H33N.C44H29N/c1-3-10-34(11-4-1)36-18-20-38(21-19-36)39-16-9-17-45(28-39)51(44-25-22-37(23-26-44)35-12-5-2-6-13-35)46-27-24-42-32-49-47-30-40-14-7-8-15-41(40)31-48(47)50(49)33-43(42)29-46;1-3-9-34(10-4-1)36-15-17-37(18-16-36)39-21-26-45(27-22-39)51(44-24-19-38(20-25-44)35-11-5-2-6-12-35)46-28-23-42-32-49-47-30-40-13-7-8-14-41(40)31-48(47)50(49)33-43(42)29-46;1-3-10-30(11-4-1)32-18-21-38(22-19-32)45(39-17-9-16-33(24-39)31-12-5-2-6-13-31)40-23-20-36-28-43-41-26-34-14-7-8-15-35(34)27-42(41)44(43)29-37(36)25-40/h2*1-33H;1-29H. The van der Waals surface area contributed by atoms with Gasteiger partial charge >= 0.3 is 0 Å². The van der Waals surface area contributed by atoms with Crippen LogP contribution in [0.25, 0.3) is 220 Å². The van der Waals surface area contributed by atoms with Gasteiger partial charge < -0.3 is 14.7 Å². The maximum atomic E-state index is 2.39. The van der Waals surface area contributed by atoms with Crippen LogP contribution in [0.1, 0.15) is 0 Å². The van der Waals surface area contributed by atoms with Gasteiger partial charge in [-0.1, -0.05) is 394 Å². The first-order valence-electron chi connectivity index (χ1n) is 50.7. The third-order valence-corrected chi connectivity index (χ3v) is 29.8. The molecule has 0 bridgehead atoms. The summed E-state index contributed by atoms with van der Waals surface area (Å²) in [5, 5.41) is 15.2. The van der Waals surface area contributed by atoms with Crippen molar-refractivity contribution in [3.63, 3.8) is 0 Å². The Bertz CT molecular complexity index is 9510. The van der Waals surface area contributed by atoms with E-state index in [0.717, 1.165) is 51.2 Å². The average molecular weight is 1870 g/mol. The predicted octanol–water partition coefficient (Wildman–Crippen LogP) is 40.7. The Labute approximate surface area is 856 Å². The van der Waals surface area contributed by atoms with E-state index in [1.807, 2.05) is 0 Å². The summed E-state index contributed by atoms with van der Waals surface area (Å²) in [6.45, 7) is 0. The Kier molecular flexibility index (Phi) is 22.0. The van der Waals surface area contributed by atoms with Crippen molar-refractivity contribution in [2.24, 2.45) is 0 Å². The van der Waals surface area contributed by atoms with Gasteiger partial charge in [0, 0.05) is 51.2 Å². The fourth-order valence-corrected chi connectivity index (χ4v) is 22.2. The summed E-state index contributed by atoms with van der Waals surface area (Å²) in [5.74, 6) is 0. The summed E-state index contributed by atoms with van der Waals surface area (Å²) in [4.78, 5) is 7.13. The molecule has 0 amide bonds. The second-order valence-corrected chi connectivity index (χ2v) is 38.7. The summed E-state index contributed by atoms with van der Waals surface area (Å²) in [7, 11) is 0. The maximum Gasteiger partial charge on any atom is 0.0468 e. The monoisotopic (exact) mass is 1870 g/mol. The van der Waals surface area contributed by atoms with Crippen LogP contribution in [0.2, 0.25) is 0 Å². The molecule has 0 aromatic heterocycles. The molecule has 0 heterocycles. The lowest BCUT2D eigenvalue weighted by atomic mass is 9.78. The zero-order valence-corrected chi connectivity index (χ0v) is 80.7. The summed E-state index contributed by atoms with van der Waals surface area (Å²) in [5.41, 5.74) is 45.6. The van der Waals surface area contributed by atoms with Crippen LogP contribution in [0.15, 0.2) is 576 Å². The van der Waals surface area contributed by atoms with E-state index in [2.05, 4.69) is 591 Å². The Balaban J connectivity index is 0.000000109. The molecule has 0 aliphatic heterocycles. The minimum atomic E-state index is 1.12. The van der Waals surface area contributed by atoms with Gasteiger partial charge in [0.05, 0.1) is 0 Å². The van der Waals surface area contributed by atoms with Crippen LogP contribution in [-0.4, -0.2) is 0 Å². The predicted molar refractivity (Wildman–Crippen MR) is 625 cm³/mol. The van der Waals surface area contributed by atoms with Crippen molar-refractivity contribution in [3.8, 4) is 156 Å². The van der Waals surface area contributed by atoms with Crippen LogP contribution in [0.3, 0.4) is 0 Å². The minimum Gasteiger partial charge on any atom is -0.310 e. The Hall–Kier alpha value is -19.3. The first-order chi connectivity index (χ1) is 72.8. The van der Waals surface area contributed by atoms with E-state index >= 15 is 0 Å². The van der Waals surface area contributed by atoms with Crippen LogP contribution in [0.4, 0.5) is 51.2 Å². The van der Waals surface area contributed by atoms with Gasteiger partial charge in [0.25, 0.3) is 0 Å². The summed E-state index contributed by atoms with van der Waals surface area (Å²) < 4.78 is 0. The molecule has 26 aromatic carbocycles. The van der Waals surface area contributed by atoms with Crippen LogP contribution in [0.5, 0.6) is 0 Å². The Morgan fingerprint density at radius 1 is 0.0748 bits per heavy atom. The molecular weight excluding hydrogens is 1770 g/mol. The topological polar surface area (TPSA) is 9.72 Å². The number of nitrogens with zero attached hydrogens (tertiary/aromatic N) is 3. The molecule has 0 spiro atoms. The van der Waals surface area contributed by atoms with Crippen molar-refractivity contribution >= 4 is 116 Å². The highest BCUT2D eigenvalue weighted by Gasteiger charge is 2.30. The Morgan fingerprint density at radius 2 is 0.211 bits per heavy atom.